The van der Waals surface area contributed by atoms with Gasteiger partial charge < -0.3 is 19.0 Å². The fourth-order valence-electron chi connectivity index (χ4n) is 3.92. The largest absolute Gasteiger partial charge is 0.504 e. The Balaban J connectivity index is 1.54. The summed E-state index contributed by atoms with van der Waals surface area (Å²) in [6, 6.07) is 18.5. The van der Waals surface area contributed by atoms with E-state index in [9.17, 15) is 15.2 Å². The van der Waals surface area contributed by atoms with Crippen LogP contribution in [0.2, 0.25) is 0 Å². The molecule has 0 atom stereocenters. The number of methoxy groups -OCH3 is 1. The van der Waals surface area contributed by atoms with Crippen molar-refractivity contribution in [3.05, 3.63) is 88.8 Å². The van der Waals surface area contributed by atoms with Gasteiger partial charge in [-0.3, -0.25) is 14.5 Å². The van der Waals surface area contributed by atoms with Crippen LogP contribution in [0.4, 0.5) is 11.5 Å². The van der Waals surface area contributed by atoms with Crippen LogP contribution in [0.25, 0.3) is 28.2 Å². The maximum absolute atomic E-state index is 11.6. The standard InChI is InChI=1S/C27H22N4O6/c1-3-36-24-14-17(7-11-22(24)32)26-27(30-13-5-4-6-25(30)29-26)28-16-19-9-12-23(37-19)20-10-8-18(35-2)15-21(20)31(33)34/h4-16,32H,3H2,1-2H3/b28-16+. The molecule has 0 aliphatic carbocycles. The zero-order valence-corrected chi connectivity index (χ0v) is 20.0. The number of fused-ring (bicyclic) bond motifs is 1. The van der Waals surface area contributed by atoms with E-state index < -0.39 is 4.92 Å². The Morgan fingerprint density at radius 3 is 2.81 bits per heavy atom. The highest BCUT2D eigenvalue weighted by atomic mass is 16.6. The summed E-state index contributed by atoms with van der Waals surface area (Å²) in [5, 5.41) is 21.7. The van der Waals surface area contributed by atoms with E-state index in [1.54, 1.807) is 42.5 Å². The number of hydrogen-bond donors (Lipinski definition) is 1. The lowest BCUT2D eigenvalue weighted by Crippen LogP contribution is -1.93. The predicted molar refractivity (Wildman–Crippen MR) is 138 cm³/mol. The van der Waals surface area contributed by atoms with E-state index in [2.05, 4.69) is 4.99 Å². The fraction of sp³-hybridized carbons (Fsp3) is 0.111. The summed E-state index contributed by atoms with van der Waals surface area (Å²) < 4.78 is 18.3. The number of imidazole rings is 1. The van der Waals surface area contributed by atoms with E-state index in [4.69, 9.17) is 18.9 Å². The van der Waals surface area contributed by atoms with Crippen LogP contribution < -0.4 is 9.47 Å². The van der Waals surface area contributed by atoms with Crippen molar-refractivity contribution in [2.75, 3.05) is 13.7 Å². The molecule has 5 aromatic rings. The second-order valence-electron chi connectivity index (χ2n) is 7.93. The van der Waals surface area contributed by atoms with Crippen LogP contribution in [0.5, 0.6) is 17.2 Å². The fourth-order valence-corrected chi connectivity index (χ4v) is 3.92. The van der Waals surface area contributed by atoms with Crippen LogP contribution in [0, 0.1) is 10.1 Å². The van der Waals surface area contributed by atoms with Crippen molar-refractivity contribution in [3.63, 3.8) is 0 Å². The molecule has 10 heteroatoms. The van der Waals surface area contributed by atoms with E-state index in [0.29, 0.717) is 57.9 Å². The summed E-state index contributed by atoms with van der Waals surface area (Å²) in [5.41, 5.74) is 2.18. The van der Waals surface area contributed by atoms with Gasteiger partial charge in [-0.15, -0.1) is 0 Å². The maximum atomic E-state index is 11.6. The first-order valence-corrected chi connectivity index (χ1v) is 11.4. The lowest BCUT2D eigenvalue weighted by molar-refractivity contribution is -0.384. The predicted octanol–water partition coefficient (Wildman–Crippen LogP) is 6.03. The number of nitro groups is 1. The Bertz CT molecular complexity index is 1640. The summed E-state index contributed by atoms with van der Waals surface area (Å²) in [5.74, 6) is 2.04. The summed E-state index contributed by atoms with van der Waals surface area (Å²) >= 11 is 0. The third-order valence-corrected chi connectivity index (χ3v) is 5.65. The third-order valence-electron chi connectivity index (χ3n) is 5.65. The number of benzene rings is 2. The molecule has 186 valence electrons. The topological polar surface area (TPSA) is 125 Å². The minimum absolute atomic E-state index is 0.0372. The lowest BCUT2D eigenvalue weighted by Gasteiger charge is -2.07. The first-order valence-electron chi connectivity index (χ1n) is 11.4. The summed E-state index contributed by atoms with van der Waals surface area (Å²) in [6.07, 6.45) is 3.37. The number of hydrogen-bond acceptors (Lipinski definition) is 8. The van der Waals surface area contributed by atoms with Crippen molar-refractivity contribution in [1.82, 2.24) is 9.38 Å². The van der Waals surface area contributed by atoms with Gasteiger partial charge in [-0.25, -0.2) is 9.98 Å². The second-order valence-corrected chi connectivity index (χ2v) is 7.93. The highest BCUT2D eigenvalue weighted by molar-refractivity contribution is 5.84. The molecule has 5 rings (SSSR count). The van der Waals surface area contributed by atoms with Gasteiger partial charge in [-0.2, -0.15) is 0 Å². The summed E-state index contributed by atoms with van der Waals surface area (Å²) in [6.45, 7) is 2.24. The molecule has 0 bridgehead atoms. The molecular formula is C27H22N4O6. The molecule has 0 aliphatic heterocycles. The van der Waals surface area contributed by atoms with Crippen molar-refractivity contribution in [3.8, 4) is 39.8 Å². The number of aromatic hydroxyl groups is 1. The molecule has 0 spiro atoms. The molecule has 0 unspecified atom stereocenters. The monoisotopic (exact) mass is 498 g/mol. The Morgan fingerprint density at radius 2 is 2.03 bits per heavy atom. The zero-order valence-electron chi connectivity index (χ0n) is 20.0. The average molecular weight is 498 g/mol. The van der Waals surface area contributed by atoms with E-state index in [1.807, 2.05) is 35.7 Å². The van der Waals surface area contributed by atoms with Gasteiger partial charge in [0.15, 0.2) is 17.3 Å². The molecular weight excluding hydrogens is 476 g/mol. The number of phenolic OH excluding ortho intramolecular Hbond substituents is 1. The first-order chi connectivity index (χ1) is 18.0. The first kappa shape index (κ1) is 23.6. The molecule has 0 saturated carbocycles. The molecule has 0 aliphatic rings. The van der Waals surface area contributed by atoms with Gasteiger partial charge in [0.1, 0.15) is 28.6 Å². The van der Waals surface area contributed by atoms with Crippen LogP contribution in [-0.2, 0) is 0 Å². The molecule has 10 nitrogen and oxygen atoms in total. The van der Waals surface area contributed by atoms with Gasteiger partial charge in [-0.1, -0.05) is 6.07 Å². The minimum atomic E-state index is -0.479. The molecule has 1 N–H and O–H groups in total. The SMILES string of the molecule is CCOc1cc(-c2nc3ccccn3c2/N=C/c2ccc(-c3ccc(OC)cc3[N+](=O)[O-])o2)ccc1O. The van der Waals surface area contributed by atoms with Crippen LogP contribution in [0.1, 0.15) is 12.7 Å². The number of phenols is 1. The average Bonchev–Trinajstić information content (AvgIpc) is 3.53. The number of aromatic nitrogens is 2. The third kappa shape index (κ3) is 4.59. The number of nitro benzene ring substituents is 1. The molecule has 3 aromatic heterocycles. The highest BCUT2D eigenvalue weighted by Gasteiger charge is 2.20. The van der Waals surface area contributed by atoms with Crippen molar-refractivity contribution >= 4 is 23.4 Å². The van der Waals surface area contributed by atoms with Gasteiger partial charge >= 0.3 is 0 Å². The molecule has 2 aromatic carbocycles. The van der Waals surface area contributed by atoms with Crippen LogP contribution in [-0.4, -0.2) is 39.3 Å². The molecule has 0 radical (unpaired) electrons. The van der Waals surface area contributed by atoms with Gasteiger partial charge in [0.25, 0.3) is 5.69 Å². The second kappa shape index (κ2) is 9.86. The molecule has 0 saturated heterocycles. The Morgan fingerprint density at radius 1 is 1.16 bits per heavy atom. The maximum Gasteiger partial charge on any atom is 0.284 e. The number of aliphatic imine (C=N–C) groups is 1. The van der Waals surface area contributed by atoms with Crippen molar-refractivity contribution in [2.24, 2.45) is 4.99 Å². The Hall–Kier alpha value is -5.12. The number of pyridine rings is 1. The Labute approximate surface area is 211 Å². The number of ether oxygens (including phenoxy) is 2. The molecule has 3 heterocycles. The summed E-state index contributed by atoms with van der Waals surface area (Å²) in [4.78, 5) is 20.5. The van der Waals surface area contributed by atoms with Crippen molar-refractivity contribution in [2.45, 2.75) is 6.92 Å². The lowest BCUT2D eigenvalue weighted by atomic mass is 10.1. The van der Waals surface area contributed by atoms with Crippen LogP contribution in [0.15, 0.2) is 82.3 Å². The smallest absolute Gasteiger partial charge is 0.284 e. The van der Waals surface area contributed by atoms with Crippen molar-refractivity contribution in [1.29, 1.82) is 0 Å². The van der Waals surface area contributed by atoms with Crippen molar-refractivity contribution < 1.29 is 23.9 Å². The van der Waals surface area contributed by atoms with Gasteiger partial charge in [0.05, 0.1) is 36.5 Å². The normalized spacial score (nSPS) is 11.3. The van der Waals surface area contributed by atoms with E-state index in [0.717, 1.165) is 0 Å². The molecule has 37 heavy (non-hydrogen) atoms. The molecule has 0 amide bonds. The minimum Gasteiger partial charge on any atom is -0.504 e. The number of furan rings is 1. The zero-order chi connectivity index (χ0) is 25.9. The van der Waals surface area contributed by atoms with Gasteiger partial charge in [0.2, 0.25) is 0 Å². The summed E-state index contributed by atoms with van der Waals surface area (Å²) in [7, 11) is 1.45. The number of rotatable bonds is 8. The molecule has 0 fully saturated rings. The van der Waals surface area contributed by atoms with Crippen LogP contribution >= 0.6 is 0 Å². The number of nitrogens with zero attached hydrogens (tertiary/aromatic N) is 4. The Kier molecular flexibility index (Phi) is 6.29. The quantitative estimate of drug-likeness (QED) is 0.157. The van der Waals surface area contributed by atoms with Gasteiger partial charge in [0, 0.05) is 11.8 Å². The van der Waals surface area contributed by atoms with E-state index in [1.165, 1.54) is 19.4 Å². The van der Waals surface area contributed by atoms with Gasteiger partial charge in [-0.05, 0) is 61.5 Å². The van der Waals surface area contributed by atoms with Crippen LogP contribution in [0.3, 0.4) is 0 Å². The van der Waals surface area contributed by atoms with E-state index in [-0.39, 0.29) is 11.4 Å². The van der Waals surface area contributed by atoms with E-state index >= 15 is 0 Å². The highest BCUT2D eigenvalue weighted by Crippen LogP contribution is 2.37.